The van der Waals surface area contributed by atoms with Gasteiger partial charge in [-0.2, -0.15) is 5.26 Å². The van der Waals surface area contributed by atoms with Crippen molar-refractivity contribution in [2.75, 3.05) is 0 Å². The molecule has 0 unspecified atom stereocenters. The van der Waals surface area contributed by atoms with Crippen LogP contribution in [0.25, 0.3) is 22.6 Å². The number of nitriles is 1. The van der Waals surface area contributed by atoms with Crippen molar-refractivity contribution >= 4 is 39.8 Å². The summed E-state index contributed by atoms with van der Waals surface area (Å²) in [5.74, 6) is 0.0143. The number of nitrogens with one attached hydrogen (secondary N) is 1. The van der Waals surface area contributed by atoms with Gasteiger partial charge in [-0.15, -0.1) is 0 Å². The molecule has 1 heterocycles. The zero-order valence-corrected chi connectivity index (χ0v) is 13.3. The molecule has 0 saturated heterocycles. The monoisotopic (exact) mass is 352 g/mol. The van der Waals surface area contributed by atoms with Crippen molar-refractivity contribution in [2.24, 2.45) is 0 Å². The molecule has 1 aromatic heterocycles. The van der Waals surface area contributed by atoms with Gasteiger partial charge in [-0.3, -0.25) is 14.9 Å². The topological polar surface area (TPSA) is 113 Å². The summed E-state index contributed by atoms with van der Waals surface area (Å²) < 4.78 is 0. The molecule has 0 bridgehead atoms. The summed E-state index contributed by atoms with van der Waals surface area (Å²) >= 11 is 5.92. The lowest BCUT2D eigenvalue weighted by Crippen LogP contribution is -2.11. The molecule has 7 nitrogen and oxygen atoms in total. The van der Waals surface area contributed by atoms with Crippen LogP contribution in [0, 0.1) is 21.4 Å². The molecule has 0 atom stereocenters. The zero-order chi connectivity index (χ0) is 18.0. The Balaban J connectivity index is 2.20. The number of rotatable bonds is 3. The smallest absolute Gasteiger partial charge is 0.276 e. The van der Waals surface area contributed by atoms with Crippen LogP contribution >= 0.6 is 11.6 Å². The number of nitrogens with zero attached hydrogens (tertiary/aromatic N) is 3. The summed E-state index contributed by atoms with van der Waals surface area (Å²) in [7, 11) is 0. The maximum atomic E-state index is 12.2. The molecule has 0 radical (unpaired) electrons. The third-order valence-corrected chi connectivity index (χ3v) is 3.71. The van der Waals surface area contributed by atoms with Crippen molar-refractivity contribution in [2.45, 2.75) is 0 Å². The average molecular weight is 353 g/mol. The maximum Gasteiger partial charge on any atom is 0.276 e. The predicted molar refractivity (Wildman–Crippen MR) is 94.0 cm³/mol. The molecule has 3 rings (SSSR count). The van der Waals surface area contributed by atoms with E-state index in [2.05, 4.69) is 9.97 Å². The minimum absolute atomic E-state index is 0.00623. The van der Waals surface area contributed by atoms with Gasteiger partial charge in [0.2, 0.25) is 0 Å². The van der Waals surface area contributed by atoms with Gasteiger partial charge in [0.05, 0.1) is 27.0 Å². The van der Waals surface area contributed by atoms with Crippen molar-refractivity contribution in [1.29, 1.82) is 5.26 Å². The molecule has 0 saturated carbocycles. The highest BCUT2D eigenvalue weighted by Crippen LogP contribution is 2.23. The first-order valence-corrected chi connectivity index (χ1v) is 7.42. The summed E-state index contributed by atoms with van der Waals surface area (Å²) in [5.41, 5.74) is -0.0251. The first kappa shape index (κ1) is 16.4. The summed E-state index contributed by atoms with van der Waals surface area (Å²) in [5, 5.41) is 21.2. The molecule has 25 heavy (non-hydrogen) atoms. The minimum Gasteiger partial charge on any atom is -0.305 e. The number of benzene rings is 2. The Hall–Kier alpha value is -3.50. The first-order chi connectivity index (χ1) is 12.0. The quantitative estimate of drug-likeness (QED) is 0.440. The van der Waals surface area contributed by atoms with Crippen molar-refractivity contribution in [3.05, 3.63) is 79.3 Å². The van der Waals surface area contributed by atoms with Gasteiger partial charge in [-0.05, 0) is 30.3 Å². The third-order valence-electron chi connectivity index (χ3n) is 3.48. The van der Waals surface area contributed by atoms with E-state index in [0.29, 0.717) is 15.9 Å². The number of aromatic amines is 1. The van der Waals surface area contributed by atoms with Crippen molar-refractivity contribution in [3.8, 4) is 6.07 Å². The maximum absolute atomic E-state index is 12.2. The van der Waals surface area contributed by atoms with Crippen molar-refractivity contribution in [3.63, 3.8) is 0 Å². The lowest BCUT2D eigenvalue weighted by molar-refractivity contribution is -0.385. The number of nitro groups is 1. The van der Waals surface area contributed by atoms with Gasteiger partial charge in [0, 0.05) is 11.1 Å². The van der Waals surface area contributed by atoms with E-state index in [1.54, 1.807) is 12.1 Å². The van der Waals surface area contributed by atoms with Gasteiger partial charge in [0.25, 0.3) is 11.2 Å². The molecule has 0 aliphatic carbocycles. The highest BCUT2D eigenvalue weighted by Gasteiger charge is 2.14. The Morgan fingerprint density at radius 2 is 2.08 bits per heavy atom. The number of hydrogen-bond acceptors (Lipinski definition) is 5. The Labute approximate surface area is 146 Å². The second-order valence-corrected chi connectivity index (χ2v) is 5.50. The zero-order valence-electron chi connectivity index (χ0n) is 12.6. The van der Waals surface area contributed by atoms with Crippen LogP contribution in [0.1, 0.15) is 11.4 Å². The molecule has 1 N–H and O–H groups in total. The van der Waals surface area contributed by atoms with Gasteiger partial charge in [-0.25, -0.2) is 4.98 Å². The van der Waals surface area contributed by atoms with Gasteiger partial charge >= 0.3 is 0 Å². The molecule has 122 valence electrons. The molecule has 0 aliphatic heterocycles. The minimum atomic E-state index is -0.544. The van der Waals surface area contributed by atoms with Gasteiger partial charge < -0.3 is 4.98 Å². The van der Waals surface area contributed by atoms with Gasteiger partial charge in [0.15, 0.2) is 5.82 Å². The van der Waals surface area contributed by atoms with Crippen LogP contribution in [0.2, 0.25) is 5.02 Å². The van der Waals surface area contributed by atoms with E-state index >= 15 is 0 Å². The van der Waals surface area contributed by atoms with Crippen LogP contribution < -0.4 is 5.56 Å². The Morgan fingerprint density at radius 3 is 2.80 bits per heavy atom. The van der Waals surface area contributed by atoms with Crippen LogP contribution in [0.3, 0.4) is 0 Å². The third kappa shape index (κ3) is 3.24. The molecule has 0 aliphatic rings. The largest absolute Gasteiger partial charge is 0.305 e. The van der Waals surface area contributed by atoms with Crippen molar-refractivity contribution < 1.29 is 4.92 Å². The van der Waals surface area contributed by atoms with E-state index in [-0.39, 0.29) is 22.6 Å². The van der Waals surface area contributed by atoms with Crippen LogP contribution in [0.15, 0.2) is 47.3 Å². The van der Waals surface area contributed by atoms with Crippen LogP contribution in [-0.2, 0) is 0 Å². The summed E-state index contributed by atoms with van der Waals surface area (Å²) in [4.78, 5) is 29.5. The number of aromatic nitrogens is 2. The lowest BCUT2D eigenvalue weighted by atomic mass is 10.1. The summed E-state index contributed by atoms with van der Waals surface area (Å²) in [6.07, 6.45) is 1.31. The number of nitro benzene ring substituents is 1. The molecular formula is C17H9ClN4O3. The molecule has 3 aromatic rings. The van der Waals surface area contributed by atoms with E-state index < -0.39 is 10.5 Å². The SMILES string of the molecule is N#CC(=Cc1ccccc1[N+](=O)[O-])c1nc2cc(Cl)ccc2c(=O)[nH]1. The van der Waals surface area contributed by atoms with E-state index in [4.69, 9.17) is 11.6 Å². The summed E-state index contributed by atoms with van der Waals surface area (Å²) in [6, 6.07) is 12.5. The molecular weight excluding hydrogens is 344 g/mol. The van der Waals surface area contributed by atoms with Crippen molar-refractivity contribution in [1.82, 2.24) is 9.97 Å². The normalized spacial score (nSPS) is 11.3. The fourth-order valence-electron chi connectivity index (χ4n) is 2.33. The second kappa shape index (κ2) is 6.55. The standard InChI is InChI=1S/C17H9ClN4O3/c18-12-5-6-13-14(8-12)20-16(21-17(13)23)11(9-19)7-10-3-1-2-4-15(10)22(24)25/h1-8H,(H,20,21,23). The average Bonchev–Trinajstić information content (AvgIpc) is 2.59. The molecule has 8 heteroatoms. The Bertz CT molecular complexity index is 1130. The van der Waals surface area contributed by atoms with E-state index in [1.807, 2.05) is 6.07 Å². The fraction of sp³-hybridized carbons (Fsp3) is 0. The number of allylic oxidation sites excluding steroid dienone is 1. The number of H-pyrrole nitrogens is 1. The number of para-hydroxylation sites is 1. The van der Waals surface area contributed by atoms with E-state index in [0.717, 1.165) is 0 Å². The van der Waals surface area contributed by atoms with Gasteiger partial charge in [-0.1, -0.05) is 23.7 Å². The summed E-state index contributed by atoms with van der Waals surface area (Å²) in [6.45, 7) is 0. The molecule has 0 fully saturated rings. The predicted octanol–water partition coefficient (Wildman–Crippen LogP) is 3.55. The van der Waals surface area contributed by atoms with Gasteiger partial charge in [0.1, 0.15) is 6.07 Å². The highest BCUT2D eigenvalue weighted by molar-refractivity contribution is 6.31. The number of hydrogen-bond donors (Lipinski definition) is 1. The second-order valence-electron chi connectivity index (χ2n) is 5.06. The number of halogens is 1. The van der Waals surface area contributed by atoms with Crippen LogP contribution in [0.4, 0.5) is 5.69 Å². The highest BCUT2D eigenvalue weighted by atomic mass is 35.5. The van der Waals surface area contributed by atoms with E-state index in [1.165, 1.54) is 36.4 Å². The van der Waals surface area contributed by atoms with Crippen LogP contribution in [-0.4, -0.2) is 14.9 Å². The Morgan fingerprint density at radius 1 is 1.32 bits per heavy atom. The van der Waals surface area contributed by atoms with Crippen LogP contribution in [0.5, 0.6) is 0 Å². The Kier molecular flexibility index (Phi) is 4.29. The molecule has 0 spiro atoms. The fourth-order valence-corrected chi connectivity index (χ4v) is 2.49. The van der Waals surface area contributed by atoms with E-state index in [9.17, 15) is 20.2 Å². The first-order valence-electron chi connectivity index (χ1n) is 7.05. The number of fused-ring (bicyclic) bond motifs is 1. The molecule has 0 amide bonds. The lowest BCUT2D eigenvalue weighted by Gasteiger charge is -2.03. The molecule has 2 aromatic carbocycles.